The van der Waals surface area contributed by atoms with Crippen LogP contribution in [0.25, 0.3) is 0 Å². The van der Waals surface area contributed by atoms with Crippen molar-refractivity contribution in [2.45, 2.75) is 26.3 Å². The first-order valence-electron chi connectivity index (χ1n) is 6.39. The van der Waals surface area contributed by atoms with Crippen molar-refractivity contribution in [2.24, 2.45) is 5.92 Å². The van der Waals surface area contributed by atoms with Gasteiger partial charge in [-0.05, 0) is 32.7 Å². The number of nitrogens with zero attached hydrogens (tertiary/aromatic N) is 4. The average molecular weight is 245 g/mol. The summed E-state index contributed by atoms with van der Waals surface area (Å²) in [5, 5.41) is 12.2. The van der Waals surface area contributed by atoms with Gasteiger partial charge in [0.2, 0.25) is 0 Å². The second-order valence-corrected chi connectivity index (χ2v) is 4.99. The fourth-order valence-electron chi connectivity index (χ4n) is 2.29. The Morgan fingerprint density at radius 2 is 2.28 bits per heavy atom. The van der Waals surface area contributed by atoms with E-state index in [0.717, 1.165) is 19.6 Å². The second kappa shape index (κ2) is 5.78. The van der Waals surface area contributed by atoms with Crippen molar-refractivity contribution >= 4 is 5.82 Å². The van der Waals surface area contributed by atoms with E-state index in [1.807, 2.05) is 0 Å². The van der Waals surface area contributed by atoms with E-state index in [9.17, 15) is 0 Å². The van der Waals surface area contributed by atoms with E-state index in [1.165, 1.54) is 6.42 Å². The van der Waals surface area contributed by atoms with Crippen molar-refractivity contribution < 1.29 is 0 Å². The van der Waals surface area contributed by atoms with Crippen LogP contribution >= 0.6 is 0 Å². The summed E-state index contributed by atoms with van der Waals surface area (Å²) in [6.45, 7) is 7.59. The summed E-state index contributed by atoms with van der Waals surface area (Å²) < 4.78 is 0. The molecule has 1 atom stereocenters. The molecule has 2 heterocycles. The third kappa shape index (κ3) is 2.96. The van der Waals surface area contributed by atoms with Gasteiger partial charge in [-0.15, -0.1) is 0 Å². The summed E-state index contributed by atoms with van der Waals surface area (Å²) in [6.07, 6.45) is 4.35. The Bertz CT molecular complexity index is 437. The van der Waals surface area contributed by atoms with Crippen LogP contribution in [-0.2, 0) is 0 Å². The molecule has 0 radical (unpaired) electrons. The second-order valence-electron chi connectivity index (χ2n) is 4.99. The molecule has 1 aromatic rings. The van der Waals surface area contributed by atoms with Crippen LogP contribution in [0.15, 0.2) is 12.4 Å². The summed E-state index contributed by atoms with van der Waals surface area (Å²) in [4.78, 5) is 10.6. The van der Waals surface area contributed by atoms with Gasteiger partial charge in [0, 0.05) is 31.5 Å². The minimum absolute atomic E-state index is 0.371. The van der Waals surface area contributed by atoms with Crippen molar-refractivity contribution in [1.82, 2.24) is 14.9 Å². The Kier molecular flexibility index (Phi) is 4.11. The summed E-state index contributed by atoms with van der Waals surface area (Å²) in [5.41, 5.74) is 0.371. The first-order valence-corrected chi connectivity index (χ1v) is 6.39. The highest BCUT2D eigenvalue weighted by Gasteiger charge is 2.24. The Balaban J connectivity index is 1.88. The maximum atomic E-state index is 8.92. The fourth-order valence-corrected chi connectivity index (χ4v) is 2.29. The highest BCUT2D eigenvalue weighted by atomic mass is 15.2. The molecule has 96 valence electrons. The number of aromatic nitrogens is 2. The van der Waals surface area contributed by atoms with E-state index < -0.39 is 0 Å². The van der Waals surface area contributed by atoms with Crippen LogP contribution in [0, 0.1) is 17.2 Å². The van der Waals surface area contributed by atoms with Crippen LogP contribution in [0.1, 0.15) is 26.0 Å². The molecule has 1 aliphatic heterocycles. The van der Waals surface area contributed by atoms with Crippen molar-refractivity contribution in [3.63, 3.8) is 0 Å². The van der Waals surface area contributed by atoms with Gasteiger partial charge in [0.25, 0.3) is 0 Å². The van der Waals surface area contributed by atoms with Crippen LogP contribution in [-0.4, -0.2) is 40.5 Å². The molecular formula is C13H19N5. The maximum absolute atomic E-state index is 8.92. The SMILES string of the molecule is CC(C)N1CCC(CNc2nccnc2C#N)C1. The van der Waals surface area contributed by atoms with Gasteiger partial charge < -0.3 is 10.2 Å². The quantitative estimate of drug-likeness (QED) is 0.870. The topological polar surface area (TPSA) is 64.8 Å². The first-order chi connectivity index (χ1) is 8.70. The van der Waals surface area contributed by atoms with Crippen LogP contribution in [0.4, 0.5) is 5.82 Å². The number of likely N-dealkylation sites (tertiary alicyclic amines) is 1. The molecule has 1 unspecified atom stereocenters. The number of anilines is 1. The molecule has 0 amide bonds. The zero-order valence-electron chi connectivity index (χ0n) is 10.9. The molecule has 0 aliphatic carbocycles. The molecule has 5 heteroatoms. The van der Waals surface area contributed by atoms with E-state index in [2.05, 4.69) is 40.1 Å². The fraction of sp³-hybridized carbons (Fsp3) is 0.615. The van der Waals surface area contributed by atoms with Gasteiger partial charge in [0.1, 0.15) is 6.07 Å². The number of hydrogen-bond donors (Lipinski definition) is 1. The van der Waals surface area contributed by atoms with Gasteiger partial charge >= 0.3 is 0 Å². The molecule has 1 aliphatic rings. The number of nitriles is 1. The van der Waals surface area contributed by atoms with Crippen molar-refractivity contribution in [2.75, 3.05) is 25.0 Å². The van der Waals surface area contributed by atoms with Crippen LogP contribution in [0.5, 0.6) is 0 Å². The Morgan fingerprint density at radius 3 is 2.94 bits per heavy atom. The maximum Gasteiger partial charge on any atom is 0.182 e. The summed E-state index contributed by atoms with van der Waals surface area (Å²) >= 11 is 0. The van der Waals surface area contributed by atoms with E-state index in [4.69, 9.17) is 5.26 Å². The summed E-state index contributed by atoms with van der Waals surface area (Å²) in [5.74, 6) is 1.23. The molecule has 0 spiro atoms. The zero-order valence-corrected chi connectivity index (χ0v) is 10.9. The zero-order chi connectivity index (χ0) is 13.0. The first kappa shape index (κ1) is 12.8. The predicted molar refractivity (Wildman–Crippen MR) is 70.1 cm³/mol. The van der Waals surface area contributed by atoms with Crippen molar-refractivity contribution in [3.05, 3.63) is 18.1 Å². The van der Waals surface area contributed by atoms with Gasteiger partial charge in [-0.2, -0.15) is 5.26 Å². The van der Waals surface area contributed by atoms with Gasteiger partial charge in [0.15, 0.2) is 11.5 Å². The monoisotopic (exact) mass is 245 g/mol. The average Bonchev–Trinajstić information content (AvgIpc) is 2.85. The van der Waals surface area contributed by atoms with Crippen LogP contribution in [0.3, 0.4) is 0 Å². The third-order valence-electron chi connectivity index (χ3n) is 3.41. The van der Waals surface area contributed by atoms with Crippen LogP contribution < -0.4 is 5.32 Å². The molecule has 1 aromatic heterocycles. The Hall–Kier alpha value is -1.67. The number of hydrogen-bond acceptors (Lipinski definition) is 5. The Morgan fingerprint density at radius 1 is 1.50 bits per heavy atom. The predicted octanol–water partition coefficient (Wildman–Crippen LogP) is 1.49. The lowest BCUT2D eigenvalue weighted by Crippen LogP contribution is -2.29. The highest BCUT2D eigenvalue weighted by molar-refractivity contribution is 5.46. The highest BCUT2D eigenvalue weighted by Crippen LogP contribution is 2.19. The van der Waals surface area contributed by atoms with Gasteiger partial charge in [0.05, 0.1) is 0 Å². The molecule has 1 fully saturated rings. The molecule has 1 saturated heterocycles. The number of rotatable bonds is 4. The lowest BCUT2D eigenvalue weighted by atomic mass is 10.1. The normalized spacial score (nSPS) is 20.0. The summed E-state index contributed by atoms with van der Waals surface area (Å²) in [7, 11) is 0. The molecule has 0 aromatic carbocycles. The molecule has 5 nitrogen and oxygen atoms in total. The van der Waals surface area contributed by atoms with Gasteiger partial charge in [-0.3, -0.25) is 0 Å². The number of nitrogens with one attached hydrogen (secondary N) is 1. The smallest absolute Gasteiger partial charge is 0.182 e. The van der Waals surface area contributed by atoms with Crippen LogP contribution in [0.2, 0.25) is 0 Å². The molecule has 18 heavy (non-hydrogen) atoms. The molecule has 0 bridgehead atoms. The largest absolute Gasteiger partial charge is 0.367 e. The van der Waals surface area contributed by atoms with E-state index in [1.54, 1.807) is 12.4 Å². The standard InChI is InChI=1S/C13H19N5/c1-10(2)18-6-3-11(9-18)8-17-13-12(7-14)15-4-5-16-13/h4-5,10-11H,3,6,8-9H2,1-2H3,(H,16,17). The van der Waals surface area contributed by atoms with E-state index in [-0.39, 0.29) is 0 Å². The Labute approximate surface area is 108 Å². The van der Waals surface area contributed by atoms with Gasteiger partial charge in [-0.1, -0.05) is 0 Å². The molecular weight excluding hydrogens is 226 g/mol. The lowest BCUT2D eigenvalue weighted by Gasteiger charge is -2.20. The van der Waals surface area contributed by atoms with Crippen molar-refractivity contribution in [3.8, 4) is 6.07 Å². The lowest BCUT2D eigenvalue weighted by molar-refractivity contribution is 0.266. The van der Waals surface area contributed by atoms with Gasteiger partial charge in [-0.25, -0.2) is 9.97 Å². The van der Waals surface area contributed by atoms with E-state index >= 15 is 0 Å². The van der Waals surface area contributed by atoms with E-state index in [0.29, 0.717) is 23.5 Å². The molecule has 2 rings (SSSR count). The minimum atomic E-state index is 0.371. The van der Waals surface area contributed by atoms with Crippen molar-refractivity contribution in [1.29, 1.82) is 5.26 Å². The molecule has 1 N–H and O–H groups in total. The minimum Gasteiger partial charge on any atom is -0.367 e. The molecule has 0 saturated carbocycles. The third-order valence-corrected chi connectivity index (χ3v) is 3.41. The summed E-state index contributed by atoms with van der Waals surface area (Å²) in [6, 6.07) is 2.66.